The molecule has 0 fully saturated rings. The number of imidazole rings is 1. The largest absolute Gasteiger partial charge is 0.296 e. The average Bonchev–Trinajstić information content (AvgIpc) is 3.66. The molecule has 0 amide bonds. The topological polar surface area (TPSA) is 17.8 Å². The lowest BCUT2D eigenvalue weighted by atomic mass is 9.82. The minimum Gasteiger partial charge on any atom is -0.296 e. The zero-order chi connectivity index (χ0) is 29.9. The van der Waals surface area contributed by atoms with E-state index in [0.29, 0.717) is 0 Å². The zero-order valence-electron chi connectivity index (χ0n) is 25.0. The highest BCUT2D eigenvalue weighted by molar-refractivity contribution is 6.22. The first-order chi connectivity index (χ1) is 22.3. The van der Waals surface area contributed by atoms with E-state index in [4.69, 9.17) is 4.98 Å². The third-order valence-electron chi connectivity index (χ3n) is 9.28. The summed E-state index contributed by atoms with van der Waals surface area (Å²) in [6.45, 7) is 2.18. The number of aryl methyl sites for hydroxylation is 1. The van der Waals surface area contributed by atoms with Gasteiger partial charge < -0.3 is 0 Å². The molecule has 0 spiro atoms. The van der Waals surface area contributed by atoms with E-state index in [1.54, 1.807) is 0 Å². The lowest BCUT2D eigenvalue weighted by Crippen LogP contribution is -2.00. The molecule has 212 valence electrons. The van der Waals surface area contributed by atoms with E-state index < -0.39 is 0 Å². The molecular formula is C43H30N2. The van der Waals surface area contributed by atoms with Gasteiger partial charge in [0, 0.05) is 12.1 Å². The van der Waals surface area contributed by atoms with Gasteiger partial charge in [-0.2, -0.15) is 0 Å². The summed E-state index contributed by atoms with van der Waals surface area (Å²) in [5, 5.41) is 2.62. The van der Waals surface area contributed by atoms with Gasteiger partial charge in [0.15, 0.2) is 0 Å². The second-order valence-corrected chi connectivity index (χ2v) is 11.8. The highest BCUT2D eigenvalue weighted by atomic mass is 15.1. The Kier molecular flexibility index (Phi) is 5.82. The average molecular weight is 575 g/mol. The monoisotopic (exact) mass is 574 g/mol. The molecule has 0 atom stereocenters. The van der Waals surface area contributed by atoms with Gasteiger partial charge in [-0.1, -0.05) is 128 Å². The van der Waals surface area contributed by atoms with Crippen LogP contribution in [0.25, 0.3) is 83.1 Å². The second-order valence-electron chi connectivity index (χ2n) is 11.8. The summed E-state index contributed by atoms with van der Waals surface area (Å²) in [5.41, 5.74) is 16.0. The van der Waals surface area contributed by atoms with Gasteiger partial charge >= 0.3 is 0 Å². The van der Waals surface area contributed by atoms with Crippen molar-refractivity contribution in [2.24, 2.45) is 0 Å². The number of hydrogen-bond acceptors (Lipinski definition) is 1. The van der Waals surface area contributed by atoms with Crippen LogP contribution in [0.5, 0.6) is 0 Å². The van der Waals surface area contributed by atoms with Crippen LogP contribution in [-0.4, -0.2) is 9.55 Å². The molecule has 2 nitrogen and oxygen atoms in total. The van der Waals surface area contributed by atoms with Crippen LogP contribution in [0.15, 0.2) is 152 Å². The Morgan fingerprint density at radius 1 is 0.489 bits per heavy atom. The molecule has 0 bridgehead atoms. The molecule has 8 aromatic rings. The number of hydrogen-bond donors (Lipinski definition) is 0. The molecule has 2 heteroatoms. The van der Waals surface area contributed by atoms with Crippen LogP contribution in [0.2, 0.25) is 0 Å². The first-order valence-electron chi connectivity index (χ1n) is 15.7. The van der Waals surface area contributed by atoms with Crippen molar-refractivity contribution in [1.29, 1.82) is 0 Å². The second kappa shape index (κ2) is 10.2. The van der Waals surface area contributed by atoms with E-state index >= 15 is 0 Å². The predicted molar refractivity (Wildman–Crippen MR) is 189 cm³/mol. The van der Waals surface area contributed by atoms with Crippen molar-refractivity contribution >= 4 is 21.8 Å². The smallest absolute Gasteiger partial charge is 0.114 e. The van der Waals surface area contributed by atoms with Crippen LogP contribution in [0.3, 0.4) is 0 Å². The number of rotatable bonds is 5. The first-order valence-corrected chi connectivity index (χ1v) is 15.7. The maximum atomic E-state index is 4.98. The molecule has 0 N–H and O–H groups in total. The third-order valence-corrected chi connectivity index (χ3v) is 9.28. The number of aromatic nitrogens is 2. The molecule has 0 unspecified atom stereocenters. The summed E-state index contributed by atoms with van der Waals surface area (Å²) in [6.07, 6.45) is 0.855. The van der Waals surface area contributed by atoms with E-state index in [1.165, 1.54) is 66.4 Å². The molecule has 1 aromatic heterocycles. The van der Waals surface area contributed by atoms with Crippen molar-refractivity contribution in [3.05, 3.63) is 157 Å². The fraction of sp³-hybridized carbons (Fsp3) is 0.0465. The fourth-order valence-corrected chi connectivity index (χ4v) is 7.38. The van der Waals surface area contributed by atoms with Gasteiger partial charge in [0.05, 0.1) is 11.0 Å². The van der Waals surface area contributed by atoms with Gasteiger partial charge in [0.1, 0.15) is 5.82 Å². The Labute approximate surface area is 262 Å². The van der Waals surface area contributed by atoms with Crippen LogP contribution in [0, 0.1) is 0 Å². The lowest BCUT2D eigenvalue weighted by Gasteiger charge is -2.21. The maximum absolute atomic E-state index is 4.98. The SMILES string of the molecule is CCc1nc2ccccc2n1-c1cccc(-c2cc(-c3ccccc3)c3c(c2-c2ccccc2)-c2cccc4cccc-3c24)c1. The molecular weight excluding hydrogens is 544 g/mol. The fourth-order valence-electron chi connectivity index (χ4n) is 7.38. The Morgan fingerprint density at radius 3 is 1.87 bits per heavy atom. The Morgan fingerprint density at radius 2 is 1.11 bits per heavy atom. The quantitative estimate of drug-likeness (QED) is 0.200. The number of benzene rings is 7. The number of nitrogens with zero attached hydrogens (tertiary/aromatic N) is 2. The molecule has 1 aliphatic carbocycles. The van der Waals surface area contributed by atoms with Crippen LogP contribution < -0.4 is 0 Å². The zero-order valence-corrected chi connectivity index (χ0v) is 25.0. The lowest BCUT2D eigenvalue weighted by molar-refractivity contribution is 0.908. The summed E-state index contributed by atoms with van der Waals surface area (Å²) in [6, 6.07) is 55.2. The molecule has 45 heavy (non-hydrogen) atoms. The third kappa shape index (κ3) is 3.92. The summed E-state index contributed by atoms with van der Waals surface area (Å²) >= 11 is 0. The van der Waals surface area contributed by atoms with Gasteiger partial charge in [-0.25, -0.2) is 4.98 Å². The molecule has 0 saturated heterocycles. The van der Waals surface area contributed by atoms with Crippen LogP contribution in [0.4, 0.5) is 0 Å². The summed E-state index contributed by atoms with van der Waals surface area (Å²) in [4.78, 5) is 4.98. The summed E-state index contributed by atoms with van der Waals surface area (Å²) in [7, 11) is 0. The summed E-state index contributed by atoms with van der Waals surface area (Å²) < 4.78 is 2.32. The van der Waals surface area contributed by atoms with Crippen molar-refractivity contribution in [2.45, 2.75) is 13.3 Å². The molecule has 0 saturated carbocycles. The van der Waals surface area contributed by atoms with Gasteiger partial charge in [0.25, 0.3) is 0 Å². The van der Waals surface area contributed by atoms with Gasteiger partial charge in [-0.3, -0.25) is 4.57 Å². The summed E-state index contributed by atoms with van der Waals surface area (Å²) in [5.74, 6) is 1.07. The highest BCUT2D eigenvalue weighted by Gasteiger charge is 2.30. The molecule has 0 radical (unpaired) electrons. The number of fused-ring (bicyclic) bond motifs is 4. The van der Waals surface area contributed by atoms with E-state index in [0.717, 1.165) is 29.0 Å². The standard InChI is InChI=1S/C43H30N2/c1-2-39-44-37-24-9-10-25-38(37)45(39)32-21-11-20-31(26-32)36-27-35(28-14-5-3-6-15-28)42-33-22-12-18-29-19-13-23-34(40(29)33)43(42)41(36)30-16-7-4-8-17-30/h3-27H,2H2,1H3. The molecule has 0 aliphatic heterocycles. The van der Waals surface area contributed by atoms with E-state index in [1.807, 2.05) is 0 Å². The van der Waals surface area contributed by atoms with Gasteiger partial charge in [0.2, 0.25) is 0 Å². The van der Waals surface area contributed by atoms with Crippen LogP contribution in [0.1, 0.15) is 12.7 Å². The van der Waals surface area contributed by atoms with E-state index in [9.17, 15) is 0 Å². The van der Waals surface area contributed by atoms with E-state index in [2.05, 4.69) is 163 Å². The van der Waals surface area contributed by atoms with E-state index in [-0.39, 0.29) is 0 Å². The molecule has 1 aliphatic rings. The minimum absolute atomic E-state index is 0.855. The normalized spacial score (nSPS) is 11.8. The van der Waals surface area contributed by atoms with Crippen molar-refractivity contribution in [3.8, 4) is 61.3 Å². The maximum Gasteiger partial charge on any atom is 0.114 e. The van der Waals surface area contributed by atoms with Gasteiger partial charge in [-0.15, -0.1) is 0 Å². The van der Waals surface area contributed by atoms with Crippen LogP contribution in [-0.2, 0) is 6.42 Å². The molecule has 1 heterocycles. The minimum atomic E-state index is 0.855. The first kappa shape index (κ1) is 25.7. The van der Waals surface area contributed by atoms with Crippen molar-refractivity contribution in [2.75, 3.05) is 0 Å². The van der Waals surface area contributed by atoms with Crippen molar-refractivity contribution < 1.29 is 0 Å². The Balaban J connectivity index is 1.40. The van der Waals surface area contributed by atoms with Gasteiger partial charge in [-0.05, 0) is 96.7 Å². The van der Waals surface area contributed by atoms with Crippen molar-refractivity contribution in [3.63, 3.8) is 0 Å². The molecule has 7 aromatic carbocycles. The number of para-hydroxylation sites is 2. The highest BCUT2D eigenvalue weighted by Crippen LogP contribution is 2.57. The molecule has 9 rings (SSSR count). The Bertz CT molecular complexity index is 2390. The van der Waals surface area contributed by atoms with Crippen LogP contribution >= 0.6 is 0 Å². The predicted octanol–water partition coefficient (Wildman–Crippen LogP) is 11.4. The van der Waals surface area contributed by atoms with Crippen molar-refractivity contribution in [1.82, 2.24) is 9.55 Å². The Hall–Kier alpha value is -5.73.